The number of fused-ring (bicyclic) bond motifs is 5. The maximum absolute atomic E-state index is 13.0. The zero-order valence-electron chi connectivity index (χ0n) is 18.1. The van der Waals surface area contributed by atoms with E-state index in [1.807, 2.05) is 12.1 Å². The number of hydrogen-bond donors (Lipinski definition) is 1. The molecule has 0 amide bonds. The van der Waals surface area contributed by atoms with Crippen molar-refractivity contribution in [3.63, 3.8) is 0 Å². The number of aromatic amines is 1. The van der Waals surface area contributed by atoms with Crippen molar-refractivity contribution in [1.29, 1.82) is 0 Å². The molecular formula is C26H27ClN2O2. The molecule has 0 saturated heterocycles. The van der Waals surface area contributed by atoms with Crippen LogP contribution >= 0.6 is 11.6 Å². The molecule has 2 aromatic carbocycles. The average Bonchev–Trinajstić information content (AvgIpc) is 3.16. The standard InChI is InChI=1S/C26H27ClN2O2/c1-15(2)16-8-10-17(11-9-16)22-12-18(27)13-23-25-20(14-24(29(22)23)26(30)31-3)19-6-4-5-7-21(19)28-25/h4-11,13,15,22-24,28H,12,14H2,1-3H3/t22-,23+,24+/m1/s1. The van der Waals surface area contributed by atoms with Crippen LogP contribution in [0, 0.1) is 0 Å². The summed E-state index contributed by atoms with van der Waals surface area (Å²) in [7, 11) is 1.47. The normalized spacial score (nSPS) is 23.4. The van der Waals surface area contributed by atoms with Crippen LogP contribution < -0.4 is 0 Å². The third-order valence-electron chi connectivity index (χ3n) is 6.77. The SMILES string of the molecule is COC(=O)[C@@H]1Cc2c([nH]c3ccccc23)[C@@H]2C=C(Cl)C[C@H](c3ccc(C(C)C)cc3)N12. The number of nitrogens with zero attached hydrogens (tertiary/aromatic N) is 1. The van der Waals surface area contributed by atoms with Crippen molar-refractivity contribution in [2.75, 3.05) is 7.11 Å². The van der Waals surface area contributed by atoms with E-state index in [1.54, 1.807) is 0 Å². The number of H-pyrrole nitrogens is 1. The van der Waals surface area contributed by atoms with Crippen LogP contribution in [0.2, 0.25) is 0 Å². The van der Waals surface area contributed by atoms with Gasteiger partial charge in [-0.05, 0) is 34.8 Å². The summed E-state index contributed by atoms with van der Waals surface area (Å²) >= 11 is 6.69. The number of carbonyl (C=O) groups is 1. The van der Waals surface area contributed by atoms with E-state index >= 15 is 0 Å². The van der Waals surface area contributed by atoms with E-state index in [0.717, 1.165) is 16.2 Å². The minimum atomic E-state index is -0.363. The lowest BCUT2D eigenvalue weighted by molar-refractivity contribution is -0.149. The molecule has 3 heterocycles. The van der Waals surface area contributed by atoms with Crippen molar-refractivity contribution in [3.05, 3.63) is 82.0 Å². The van der Waals surface area contributed by atoms with Crippen LogP contribution in [0.4, 0.5) is 0 Å². The second kappa shape index (κ2) is 7.85. The van der Waals surface area contributed by atoms with Gasteiger partial charge in [0.2, 0.25) is 0 Å². The molecule has 0 spiro atoms. The Bertz CT molecular complexity index is 1160. The molecule has 0 saturated carbocycles. The highest BCUT2D eigenvalue weighted by Crippen LogP contribution is 2.48. The molecule has 3 atom stereocenters. The maximum atomic E-state index is 13.0. The molecule has 3 aromatic rings. The van der Waals surface area contributed by atoms with E-state index in [4.69, 9.17) is 16.3 Å². The molecule has 31 heavy (non-hydrogen) atoms. The summed E-state index contributed by atoms with van der Waals surface area (Å²) in [6, 6.07) is 16.6. The molecule has 160 valence electrons. The Morgan fingerprint density at radius 2 is 1.87 bits per heavy atom. The summed E-state index contributed by atoms with van der Waals surface area (Å²) in [6.45, 7) is 4.39. The van der Waals surface area contributed by atoms with Crippen molar-refractivity contribution in [2.24, 2.45) is 0 Å². The number of rotatable bonds is 3. The van der Waals surface area contributed by atoms with Gasteiger partial charge in [-0.15, -0.1) is 0 Å². The van der Waals surface area contributed by atoms with Gasteiger partial charge in [-0.1, -0.05) is 67.9 Å². The molecular weight excluding hydrogens is 408 g/mol. The van der Waals surface area contributed by atoms with Crippen LogP contribution in [0.1, 0.15) is 60.7 Å². The lowest BCUT2D eigenvalue weighted by Gasteiger charge is -2.46. The summed E-state index contributed by atoms with van der Waals surface area (Å²) < 4.78 is 5.26. The number of esters is 1. The number of halogens is 1. The van der Waals surface area contributed by atoms with Crippen LogP contribution in [0.3, 0.4) is 0 Å². The lowest BCUT2D eigenvalue weighted by atomic mass is 9.84. The number of benzene rings is 2. The van der Waals surface area contributed by atoms with Crippen molar-refractivity contribution in [3.8, 4) is 0 Å². The van der Waals surface area contributed by atoms with Gasteiger partial charge in [-0.3, -0.25) is 9.69 Å². The molecule has 4 nitrogen and oxygen atoms in total. The van der Waals surface area contributed by atoms with Crippen LogP contribution in [0.5, 0.6) is 0 Å². The number of aromatic nitrogens is 1. The van der Waals surface area contributed by atoms with Crippen LogP contribution in [0.15, 0.2) is 59.6 Å². The first-order chi connectivity index (χ1) is 15.0. The van der Waals surface area contributed by atoms with E-state index in [1.165, 1.54) is 29.2 Å². The zero-order chi connectivity index (χ0) is 21.7. The fraction of sp³-hybridized carbons (Fsp3) is 0.346. The molecule has 5 rings (SSSR count). The molecule has 0 bridgehead atoms. The second-order valence-corrected chi connectivity index (χ2v) is 9.34. The first kappa shape index (κ1) is 20.3. The Balaban J connectivity index is 1.65. The lowest BCUT2D eigenvalue weighted by Crippen LogP contribution is -2.51. The quantitative estimate of drug-likeness (QED) is 0.514. The summed E-state index contributed by atoms with van der Waals surface area (Å²) in [6.07, 6.45) is 3.39. The molecule has 1 N–H and O–H groups in total. The monoisotopic (exact) mass is 434 g/mol. The van der Waals surface area contributed by atoms with Gasteiger partial charge in [0.25, 0.3) is 0 Å². The number of ether oxygens (including phenoxy) is 1. The van der Waals surface area contributed by atoms with Gasteiger partial charge in [0.15, 0.2) is 0 Å². The van der Waals surface area contributed by atoms with E-state index in [-0.39, 0.29) is 24.1 Å². The summed E-state index contributed by atoms with van der Waals surface area (Å²) in [5.74, 6) is 0.277. The molecule has 2 aliphatic rings. The van der Waals surface area contributed by atoms with Crippen molar-refractivity contribution in [1.82, 2.24) is 9.88 Å². The Kier molecular flexibility index (Phi) is 5.15. The highest BCUT2D eigenvalue weighted by Gasteiger charge is 2.45. The van der Waals surface area contributed by atoms with E-state index in [2.05, 4.69) is 66.2 Å². The topological polar surface area (TPSA) is 45.3 Å². The predicted octanol–water partition coefficient (Wildman–Crippen LogP) is 6.00. The first-order valence-corrected chi connectivity index (χ1v) is 11.3. The maximum Gasteiger partial charge on any atom is 0.323 e. The Morgan fingerprint density at radius 1 is 1.13 bits per heavy atom. The van der Waals surface area contributed by atoms with Gasteiger partial charge in [0, 0.05) is 40.5 Å². The van der Waals surface area contributed by atoms with Crippen molar-refractivity contribution >= 4 is 28.5 Å². The van der Waals surface area contributed by atoms with Crippen LogP contribution in [0.25, 0.3) is 10.9 Å². The third kappa shape index (κ3) is 3.38. The minimum absolute atomic E-state index is 0.00683. The van der Waals surface area contributed by atoms with Gasteiger partial charge in [0.1, 0.15) is 6.04 Å². The van der Waals surface area contributed by atoms with Gasteiger partial charge < -0.3 is 9.72 Å². The van der Waals surface area contributed by atoms with E-state index < -0.39 is 0 Å². The highest BCUT2D eigenvalue weighted by molar-refractivity contribution is 6.29. The molecule has 0 fully saturated rings. The first-order valence-electron chi connectivity index (χ1n) is 10.9. The van der Waals surface area contributed by atoms with Crippen molar-refractivity contribution in [2.45, 2.75) is 50.7 Å². The number of methoxy groups -OCH3 is 1. The Hall–Kier alpha value is -2.56. The molecule has 5 heteroatoms. The fourth-order valence-electron chi connectivity index (χ4n) is 5.18. The number of carbonyl (C=O) groups excluding carboxylic acids is 1. The molecule has 2 aliphatic heterocycles. The average molecular weight is 435 g/mol. The molecule has 1 aromatic heterocycles. The second-order valence-electron chi connectivity index (χ2n) is 8.85. The van der Waals surface area contributed by atoms with Gasteiger partial charge in [-0.25, -0.2) is 0 Å². The minimum Gasteiger partial charge on any atom is -0.468 e. The molecule has 0 radical (unpaired) electrons. The van der Waals surface area contributed by atoms with Gasteiger partial charge in [0.05, 0.1) is 13.2 Å². The Morgan fingerprint density at radius 3 is 2.58 bits per heavy atom. The highest BCUT2D eigenvalue weighted by atomic mass is 35.5. The van der Waals surface area contributed by atoms with Crippen molar-refractivity contribution < 1.29 is 9.53 Å². The third-order valence-corrected chi connectivity index (χ3v) is 7.05. The summed E-state index contributed by atoms with van der Waals surface area (Å²) in [5, 5.41) is 1.99. The van der Waals surface area contributed by atoms with Gasteiger partial charge >= 0.3 is 5.97 Å². The Labute approximate surface area is 187 Å². The smallest absolute Gasteiger partial charge is 0.323 e. The number of para-hydroxylation sites is 1. The predicted molar refractivity (Wildman–Crippen MR) is 124 cm³/mol. The molecule has 0 unspecified atom stereocenters. The fourth-order valence-corrected chi connectivity index (χ4v) is 5.44. The number of nitrogens with one attached hydrogen (secondary N) is 1. The van der Waals surface area contributed by atoms with Crippen LogP contribution in [-0.2, 0) is 16.0 Å². The van der Waals surface area contributed by atoms with Crippen LogP contribution in [-0.4, -0.2) is 29.0 Å². The van der Waals surface area contributed by atoms with E-state index in [9.17, 15) is 4.79 Å². The van der Waals surface area contributed by atoms with Gasteiger partial charge in [-0.2, -0.15) is 0 Å². The van der Waals surface area contributed by atoms with E-state index in [0.29, 0.717) is 18.8 Å². The number of hydrogen-bond acceptors (Lipinski definition) is 3. The zero-order valence-corrected chi connectivity index (χ0v) is 18.8. The summed E-state index contributed by atoms with van der Waals surface area (Å²) in [4.78, 5) is 18.9. The summed E-state index contributed by atoms with van der Waals surface area (Å²) in [5.41, 5.74) is 5.88. The largest absolute Gasteiger partial charge is 0.468 e. The molecule has 0 aliphatic carbocycles.